The van der Waals surface area contributed by atoms with E-state index in [4.69, 9.17) is 0 Å². The molecule has 0 bridgehead atoms. The van der Waals surface area contributed by atoms with E-state index in [1.165, 1.54) is 5.56 Å². The molecule has 1 unspecified atom stereocenters. The van der Waals surface area contributed by atoms with Gasteiger partial charge in [0.05, 0.1) is 0 Å². The molecule has 0 saturated heterocycles. The highest BCUT2D eigenvalue weighted by atomic mass is 14.9. The third kappa shape index (κ3) is 4.80. The largest absolute Gasteiger partial charge is 0.308 e. The van der Waals surface area contributed by atoms with Crippen LogP contribution in [-0.2, 0) is 0 Å². The molecular formula is C15H25N. The summed E-state index contributed by atoms with van der Waals surface area (Å²) in [5.74, 6) is 0. The van der Waals surface area contributed by atoms with Gasteiger partial charge in [-0.05, 0) is 17.4 Å². The van der Waals surface area contributed by atoms with E-state index in [1.807, 2.05) is 0 Å². The van der Waals surface area contributed by atoms with Crippen molar-refractivity contribution in [1.29, 1.82) is 0 Å². The average Bonchev–Trinajstić information content (AvgIpc) is 2.15. The zero-order valence-corrected chi connectivity index (χ0v) is 11.2. The first kappa shape index (κ1) is 13.2. The summed E-state index contributed by atoms with van der Waals surface area (Å²) in [5.41, 5.74) is 1.74. The van der Waals surface area contributed by atoms with Crippen LogP contribution in [0.1, 0.15) is 52.6 Å². The Labute approximate surface area is 100 Å². The van der Waals surface area contributed by atoms with Crippen molar-refractivity contribution in [3.05, 3.63) is 35.9 Å². The minimum absolute atomic E-state index is 0.350. The van der Waals surface area contributed by atoms with Gasteiger partial charge in [0.2, 0.25) is 0 Å². The lowest BCUT2D eigenvalue weighted by Gasteiger charge is -2.28. The van der Waals surface area contributed by atoms with Crippen LogP contribution in [0.25, 0.3) is 0 Å². The Bertz CT molecular complexity index is 295. The second-order valence-corrected chi connectivity index (χ2v) is 6.05. The van der Waals surface area contributed by atoms with Gasteiger partial charge in [0.1, 0.15) is 0 Å². The van der Waals surface area contributed by atoms with Crippen LogP contribution in [0.2, 0.25) is 0 Å². The highest BCUT2D eigenvalue weighted by Gasteiger charge is 2.20. The Kier molecular flexibility index (Phi) is 4.55. The van der Waals surface area contributed by atoms with Crippen LogP contribution in [0.3, 0.4) is 0 Å². The molecule has 0 aliphatic heterocycles. The molecule has 0 heterocycles. The first-order valence-electron chi connectivity index (χ1n) is 6.19. The molecule has 0 aliphatic rings. The van der Waals surface area contributed by atoms with Crippen molar-refractivity contribution in [3.63, 3.8) is 0 Å². The zero-order chi connectivity index (χ0) is 12.2. The van der Waals surface area contributed by atoms with E-state index >= 15 is 0 Å². The summed E-state index contributed by atoms with van der Waals surface area (Å²) in [6.07, 6.45) is 1.16. The van der Waals surface area contributed by atoms with E-state index in [0.29, 0.717) is 17.5 Å². The molecule has 0 fully saturated rings. The van der Waals surface area contributed by atoms with Crippen molar-refractivity contribution in [2.24, 2.45) is 5.41 Å². The molecule has 1 atom stereocenters. The lowest BCUT2D eigenvalue weighted by atomic mass is 9.85. The number of hydrogen-bond donors (Lipinski definition) is 1. The van der Waals surface area contributed by atoms with Crippen LogP contribution in [0.5, 0.6) is 0 Å². The van der Waals surface area contributed by atoms with Crippen molar-refractivity contribution in [1.82, 2.24) is 5.32 Å². The van der Waals surface area contributed by atoms with Gasteiger partial charge in [-0.3, -0.25) is 0 Å². The molecule has 1 heteroatoms. The van der Waals surface area contributed by atoms with E-state index in [9.17, 15) is 0 Å². The molecule has 1 aromatic rings. The molecule has 0 spiro atoms. The molecule has 0 radical (unpaired) electrons. The molecule has 0 amide bonds. The van der Waals surface area contributed by atoms with Crippen LogP contribution in [-0.4, -0.2) is 6.04 Å². The zero-order valence-electron chi connectivity index (χ0n) is 11.2. The highest BCUT2D eigenvalue weighted by Crippen LogP contribution is 2.29. The van der Waals surface area contributed by atoms with Crippen molar-refractivity contribution in [3.8, 4) is 0 Å². The Morgan fingerprint density at radius 2 is 1.62 bits per heavy atom. The maximum atomic E-state index is 3.65. The molecule has 90 valence electrons. The Morgan fingerprint density at radius 3 is 2.06 bits per heavy atom. The molecule has 0 aliphatic carbocycles. The smallest absolute Gasteiger partial charge is 0.0327 e. The highest BCUT2D eigenvalue weighted by molar-refractivity contribution is 5.19. The monoisotopic (exact) mass is 219 g/mol. The summed E-state index contributed by atoms with van der Waals surface area (Å²) < 4.78 is 0. The summed E-state index contributed by atoms with van der Waals surface area (Å²) in [6, 6.07) is 11.7. The Hall–Kier alpha value is -0.820. The summed E-state index contributed by atoms with van der Waals surface area (Å²) in [4.78, 5) is 0. The van der Waals surface area contributed by atoms with Gasteiger partial charge in [0.25, 0.3) is 0 Å². The fourth-order valence-electron chi connectivity index (χ4n) is 1.97. The van der Waals surface area contributed by atoms with Gasteiger partial charge in [-0.1, -0.05) is 65.0 Å². The van der Waals surface area contributed by atoms with Gasteiger partial charge in [0, 0.05) is 12.1 Å². The van der Waals surface area contributed by atoms with Gasteiger partial charge in [-0.2, -0.15) is 0 Å². The van der Waals surface area contributed by atoms with Crippen molar-refractivity contribution < 1.29 is 0 Å². The summed E-state index contributed by atoms with van der Waals surface area (Å²) >= 11 is 0. The third-order valence-electron chi connectivity index (χ3n) is 2.55. The standard InChI is InChI=1S/C15H25N/c1-12(2)16-14(11-15(3,4)5)13-9-7-6-8-10-13/h6-10,12,14,16H,11H2,1-5H3. The number of hydrogen-bond acceptors (Lipinski definition) is 1. The Morgan fingerprint density at radius 1 is 1.06 bits per heavy atom. The molecule has 1 aromatic carbocycles. The number of nitrogens with one attached hydrogen (secondary N) is 1. The van der Waals surface area contributed by atoms with Gasteiger partial charge >= 0.3 is 0 Å². The van der Waals surface area contributed by atoms with Crippen LogP contribution in [0, 0.1) is 5.41 Å². The molecule has 0 aromatic heterocycles. The average molecular weight is 219 g/mol. The van der Waals surface area contributed by atoms with Gasteiger partial charge in [-0.25, -0.2) is 0 Å². The number of rotatable bonds is 4. The van der Waals surface area contributed by atoms with Crippen LogP contribution in [0.4, 0.5) is 0 Å². The first-order valence-corrected chi connectivity index (χ1v) is 6.19. The van der Waals surface area contributed by atoms with Gasteiger partial charge in [0.15, 0.2) is 0 Å². The predicted octanol–water partition coefficient (Wildman–Crippen LogP) is 4.16. The molecule has 1 nitrogen and oxygen atoms in total. The summed E-state index contributed by atoms with van der Waals surface area (Å²) in [7, 11) is 0. The third-order valence-corrected chi connectivity index (χ3v) is 2.55. The first-order chi connectivity index (χ1) is 7.38. The van der Waals surface area contributed by atoms with Crippen molar-refractivity contribution >= 4 is 0 Å². The van der Waals surface area contributed by atoms with E-state index in [0.717, 1.165) is 6.42 Å². The van der Waals surface area contributed by atoms with Crippen LogP contribution in [0.15, 0.2) is 30.3 Å². The second kappa shape index (κ2) is 5.49. The lowest BCUT2D eigenvalue weighted by Crippen LogP contribution is -2.31. The molecular weight excluding hydrogens is 194 g/mol. The van der Waals surface area contributed by atoms with E-state index < -0.39 is 0 Å². The van der Waals surface area contributed by atoms with Gasteiger partial charge in [-0.15, -0.1) is 0 Å². The van der Waals surface area contributed by atoms with E-state index in [1.54, 1.807) is 0 Å². The minimum Gasteiger partial charge on any atom is -0.308 e. The molecule has 1 N–H and O–H groups in total. The van der Waals surface area contributed by atoms with Crippen molar-refractivity contribution in [2.75, 3.05) is 0 Å². The van der Waals surface area contributed by atoms with E-state index in [-0.39, 0.29) is 0 Å². The predicted molar refractivity (Wildman–Crippen MR) is 71.5 cm³/mol. The molecule has 1 rings (SSSR count). The Balaban J connectivity index is 2.80. The number of benzene rings is 1. The quantitative estimate of drug-likeness (QED) is 0.801. The fourth-order valence-corrected chi connectivity index (χ4v) is 1.97. The van der Waals surface area contributed by atoms with Crippen LogP contribution >= 0.6 is 0 Å². The maximum absolute atomic E-state index is 3.65. The van der Waals surface area contributed by atoms with E-state index in [2.05, 4.69) is 70.3 Å². The van der Waals surface area contributed by atoms with Crippen LogP contribution < -0.4 is 5.32 Å². The molecule has 16 heavy (non-hydrogen) atoms. The topological polar surface area (TPSA) is 12.0 Å². The molecule has 0 saturated carbocycles. The minimum atomic E-state index is 0.350. The SMILES string of the molecule is CC(C)NC(CC(C)(C)C)c1ccccc1. The normalized spacial score (nSPS) is 14.1. The van der Waals surface area contributed by atoms with Gasteiger partial charge < -0.3 is 5.32 Å². The second-order valence-electron chi connectivity index (χ2n) is 6.05. The summed E-state index contributed by atoms with van der Waals surface area (Å²) in [6.45, 7) is 11.3. The maximum Gasteiger partial charge on any atom is 0.0327 e. The summed E-state index contributed by atoms with van der Waals surface area (Å²) in [5, 5.41) is 3.65. The lowest BCUT2D eigenvalue weighted by molar-refractivity contribution is 0.300. The van der Waals surface area contributed by atoms with Crippen molar-refractivity contribution in [2.45, 2.75) is 53.1 Å². The fraction of sp³-hybridized carbons (Fsp3) is 0.600.